The molecule has 0 aliphatic heterocycles. The maximum atomic E-state index is 11.6. The number of nitrogens with one attached hydrogen (secondary N) is 1. The number of methoxy groups -OCH3 is 1. The van der Waals surface area contributed by atoms with Crippen LogP contribution in [0.1, 0.15) is 12.5 Å². The van der Waals surface area contributed by atoms with Gasteiger partial charge < -0.3 is 10.1 Å². The van der Waals surface area contributed by atoms with Crippen molar-refractivity contribution in [2.24, 2.45) is 0 Å². The zero-order chi connectivity index (χ0) is 16.7. The first-order valence-electron chi connectivity index (χ1n) is 6.24. The van der Waals surface area contributed by atoms with Gasteiger partial charge in [0, 0.05) is 11.6 Å². The van der Waals surface area contributed by atoms with Gasteiger partial charge in [-0.25, -0.2) is 4.79 Å². The Kier molecular flexibility index (Phi) is 7.17. The Labute approximate surface area is 132 Å². The highest BCUT2D eigenvalue weighted by molar-refractivity contribution is 7.39. The van der Waals surface area contributed by atoms with Gasteiger partial charge in [-0.05, 0) is 17.1 Å². The van der Waals surface area contributed by atoms with Crippen molar-refractivity contribution in [3.63, 3.8) is 0 Å². The quantitative estimate of drug-likeness (QED) is 0.332. The average molecular weight is 350 g/mol. The molecule has 0 aliphatic rings. The molecule has 1 aromatic carbocycles. The van der Waals surface area contributed by atoms with E-state index in [1.54, 1.807) is 6.92 Å². The summed E-state index contributed by atoms with van der Waals surface area (Å²) in [6, 6.07) is 2.77. The third kappa shape index (κ3) is 5.22. The average Bonchev–Trinajstić information content (AvgIpc) is 2.50. The number of nitrogens with zero attached hydrogens (tertiary/aromatic N) is 1. The van der Waals surface area contributed by atoms with Crippen molar-refractivity contribution in [2.75, 3.05) is 25.3 Å². The molecule has 0 saturated carbocycles. The standard InChI is InChI=1S/C12H15ClN2O6P/c1-3-8-4-9(13)10(5-11(8)15(17)18)14-7-22(19)21-6-12(16)20-2/h4-5,14H,3,6-7H2,1-2H3/q+1. The van der Waals surface area contributed by atoms with E-state index in [1.807, 2.05) is 0 Å². The van der Waals surface area contributed by atoms with Crippen molar-refractivity contribution in [2.45, 2.75) is 13.3 Å². The maximum Gasteiger partial charge on any atom is 0.530 e. The van der Waals surface area contributed by atoms with E-state index >= 15 is 0 Å². The molecular formula is C12H15ClN2O6P+. The van der Waals surface area contributed by atoms with Crippen molar-refractivity contribution in [3.8, 4) is 0 Å². The van der Waals surface area contributed by atoms with E-state index < -0.39 is 25.5 Å². The van der Waals surface area contributed by atoms with Crippen molar-refractivity contribution < 1.29 is 23.5 Å². The molecule has 0 aromatic heterocycles. The Bertz CT molecular complexity index is 595. The van der Waals surface area contributed by atoms with Crippen LogP contribution in [0.25, 0.3) is 0 Å². The van der Waals surface area contributed by atoms with Crippen LogP contribution in [0.3, 0.4) is 0 Å². The molecule has 22 heavy (non-hydrogen) atoms. The molecule has 1 N–H and O–H groups in total. The highest BCUT2D eigenvalue weighted by atomic mass is 35.5. The van der Waals surface area contributed by atoms with Crippen LogP contribution in [0, 0.1) is 10.1 Å². The van der Waals surface area contributed by atoms with Gasteiger partial charge >= 0.3 is 14.0 Å². The smallest absolute Gasteiger partial charge is 0.467 e. The molecule has 1 aromatic rings. The predicted octanol–water partition coefficient (Wildman–Crippen LogP) is 3.11. The monoisotopic (exact) mass is 349 g/mol. The lowest BCUT2D eigenvalue weighted by molar-refractivity contribution is -0.385. The van der Waals surface area contributed by atoms with E-state index in [9.17, 15) is 19.5 Å². The molecule has 0 amide bonds. The fourth-order valence-electron chi connectivity index (χ4n) is 1.57. The zero-order valence-corrected chi connectivity index (χ0v) is 13.6. The van der Waals surface area contributed by atoms with Gasteiger partial charge in [-0.2, -0.15) is 0 Å². The Morgan fingerprint density at radius 1 is 1.50 bits per heavy atom. The number of carbonyl (C=O) groups is 1. The first kappa shape index (κ1) is 18.3. The van der Waals surface area contributed by atoms with Crippen LogP contribution in [-0.4, -0.2) is 30.9 Å². The first-order chi connectivity index (χ1) is 10.4. The van der Waals surface area contributed by atoms with E-state index in [4.69, 9.17) is 16.1 Å². The molecule has 0 aliphatic carbocycles. The predicted molar refractivity (Wildman–Crippen MR) is 81.5 cm³/mol. The number of benzene rings is 1. The molecule has 0 fully saturated rings. The Balaban J connectivity index is 2.73. The number of halogens is 1. The van der Waals surface area contributed by atoms with Crippen molar-refractivity contribution in [1.29, 1.82) is 0 Å². The summed E-state index contributed by atoms with van der Waals surface area (Å²) in [7, 11) is -0.996. The van der Waals surface area contributed by atoms with Gasteiger partial charge in [0.05, 0.1) is 22.7 Å². The second-order valence-corrected chi connectivity index (χ2v) is 5.74. The highest BCUT2D eigenvalue weighted by Gasteiger charge is 2.22. The third-order valence-electron chi connectivity index (χ3n) is 2.70. The first-order valence-corrected chi connectivity index (χ1v) is 7.98. The van der Waals surface area contributed by atoms with Gasteiger partial charge in [-0.3, -0.25) is 10.1 Å². The SMILES string of the molecule is CCc1cc(Cl)c(NC[P+](=O)OCC(=O)OC)cc1[N+](=O)[O-]. The lowest BCUT2D eigenvalue weighted by Gasteiger charge is -2.07. The normalized spacial score (nSPS) is 11.0. The minimum atomic E-state index is -2.18. The minimum Gasteiger partial charge on any atom is -0.467 e. The van der Waals surface area contributed by atoms with E-state index in [0.717, 1.165) is 0 Å². The number of hydrogen-bond donors (Lipinski definition) is 1. The Hall–Kier alpha value is -1.76. The number of anilines is 1. The summed E-state index contributed by atoms with van der Waals surface area (Å²) in [5, 5.41) is 14.0. The molecule has 0 heterocycles. The largest absolute Gasteiger partial charge is 0.530 e. The van der Waals surface area contributed by atoms with Crippen LogP contribution >= 0.6 is 19.6 Å². The number of hydrogen-bond acceptors (Lipinski definition) is 7. The number of carbonyl (C=O) groups excluding carboxylic acids is 1. The minimum absolute atomic E-state index is 0.0693. The highest BCUT2D eigenvalue weighted by Crippen LogP contribution is 2.32. The number of esters is 1. The Morgan fingerprint density at radius 2 is 2.18 bits per heavy atom. The van der Waals surface area contributed by atoms with Gasteiger partial charge in [0.15, 0.2) is 6.61 Å². The molecule has 1 rings (SSSR count). The molecule has 0 radical (unpaired) electrons. The summed E-state index contributed by atoms with van der Waals surface area (Å²) in [5.74, 6) is -0.649. The summed E-state index contributed by atoms with van der Waals surface area (Å²) >= 11 is 6.02. The summed E-state index contributed by atoms with van der Waals surface area (Å²) in [5.41, 5.74) is 0.711. The molecule has 0 saturated heterocycles. The molecule has 1 unspecified atom stereocenters. The van der Waals surface area contributed by atoms with Crippen molar-refractivity contribution >= 4 is 37.0 Å². The number of nitro benzene ring substituents is 1. The maximum absolute atomic E-state index is 11.6. The third-order valence-corrected chi connectivity index (χ3v) is 3.84. The second kappa shape index (κ2) is 8.63. The van der Waals surface area contributed by atoms with Crippen LogP contribution < -0.4 is 5.32 Å². The van der Waals surface area contributed by atoms with Crippen molar-refractivity contribution in [1.82, 2.24) is 0 Å². The van der Waals surface area contributed by atoms with Gasteiger partial charge in [-0.1, -0.05) is 18.5 Å². The number of ether oxygens (including phenoxy) is 1. The zero-order valence-electron chi connectivity index (χ0n) is 12.0. The van der Waals surface area contributed by atoms with Crippen LogP contribution in [-0.2, 0) is 25.0 Å². The Morgan fingerprint density at radius 3 is 2.73 bits per heavy atom. The van der Waals surface area contributed by atoms with Crippen molar-refractivity contribution in [3.05, 3.63) is 32.8 Å². The van der Waals surface area contributed by atoms with E-state index in [-0.39, 0.29) is 22.7 Å². The molecule has 8 nitrogen and oxygen atoms in total. The summed E-state index contributed by atoms with van der Waals surface area (Å²) in [4.78, 5) is 21.3. The molecule has 0 bridgehead atoms. The topological polar surface area (TPSA) is 108 Å². The summed E-state index contributed by atoms with van der Waals surface area (Å²) < 4.78 is 20.7. The number of nitro groups is 1. The summed E-state index contributed by atoms with van der Waals surface area (Å²) in [6.45, 7) is 1.35. The lowest BCUT2D eigenvalue weighted by Crippen LogP contribution is -2.09. The molecule has 120 valence electrons. The fourth-order valence-corrected chi connectivity index (χ4v) is 2.46. The van der Waals surface area contributed by atoms with Gasteiger partial charge in [0.1, 0.15) is 0 Å². The van der Waals surface area contributed by atoms with Gasteiger partial charge in [-0.15, -0.1) is 4.52 Å². The van der Waals surface area contributed by atoms with Crippen LogP contribution in [0.4, 0.5) is 11.4 Å². The van der Waals surface area contributed by atoms with Crippen LogP contribution in [0.2, 0.25) is 5.02 Å². The second-order valence-electron chi connectivity index (χ2n) is 4.09. The van der Waals surface area contributed by atoms with E-state index in [2.05, 4.69) is 10.1 Å². The fraction of sp³-hybridized carbons (Fsp3) is 0.417. The van der Waals surface area contributed by atoms with E-state index in [0.29, 0.717) is 12.0 Å². The number of aryl methyl sites for hydroxylation is 1. The molecule has 10 heteroatoms. The van der Waals surface area contributed by atoms with Crippen LogP contribution in [0.15, 0.2) is 12.1 Å². The number of rotatable bonds is 8. The molecule has 0 spiro atoms. The molecule has 1 atom stereocenters. The van der Waals surface area contributed by atoms with E-state index in [1.165, 1.54) is 19.2 Å². The van der Waals surface area contributed by atoms with Crippen LogP contribution in [0.5, 0.6) is 0 Å². The molecular weight excluding hydrogens is 335 g/mol. The van der Waals surface area contributed by atoms with Gasteiger partial charge in [0.2, 0.25) is 6.29 Å². The lowest BCUT2D eigenvalue weighted by atomic mass is 10.1. The van der Waals surface area contributed by atoms with Gasteiger partial charge in [0.25, 0.3) is 5.69 Å². The summed E-state index contributed by atoms with van der Waals surface area (Å²) in [6.07, 6.45) is 0.321.